The summed E-state index contributed by atoms with van der Waals surface area (Å²) in [4.78, 5) is 10.7. The minimum absolute atomic E-state index is 0.716. The van der Waals surface area contributed by atoms with Crippen molar-refractivity contribution in [2.45, 2.75) is 20.0 Å². The Bertz CT molecular complexity index is 537. The number of hydrogen-bond donors (Lipinski definition) is 1. The van der Waals surface area contributed by atoms with E-state index in [2.05, 4.69) is 52.5 Å². The van der Waals surface area contributed by atoms with Gasteiger partial charge in [0.1, 0.15) is 5.82 Å². The molecule has 19 heavy (non-hydrogen) atoms. The molecule has 0 unspecified atom stereocenters. The summed E-state index contributed by atoms with van der Waals surface area (Å²) >= 11 is 0. The van der Waals surface area contributed by atoms with Crippen LogP contribution < -0.4 is 5.32 Å². The molecule has 0 saturated heterocycles. The highest BCUT2D eigenvalue weighted by Gasteiger charge is 2.03. The molecule has 0 fully saturated rings. The van der Waals surface area contributed by atoms with Gasteiger partial charge in [-0.05, 0) is 38.7 Å². The minimum atomic E-state index is 0.716. The van der Waals surface area contributed by atoms with Gasteiger partial charge in [-0.25, -0.2) is 9.97 Å². The van der Waals surface area contributed by atoms with Gasteiger partial charge in [-0.1, -0.05) is 18.2 Å². The van der Waals surface area contributed by atoms with E-state index in [1.807, 2.05) is 19.1 Å². The van der Waals surface area contributed by atoms with Crippen molar-refractivity contribution in [1.82, 2.24) is 14.9 Å². The third-order valence-electron chi connectivity index (χ3n) is 2.80. The van der Waals surface area contributed by atoms with Crippen molar-refractivity contribution >= 4 is 5.69 Å². The molecular formula is C15H20N4. The Labute approximate surface area is 114 Å². The molecule has 1 aromatic carbocycles. The smallest absolute Gasteiger partial charge is 0.125 e. The van der Waals surface area contributed by atoms with Gasteiger partial charge in [-0.2, -0.15) is 0 Å². The van der Waals surface area contributed by atoms with Gasteiger partial charge in [0.2, 0.25) is 0 Å². The fourth-order valence-corrected chi connectivity index (χ4v) is 1.96. The largest absolute Gasteiger partial charge is 0.379 e. The maximum atomic E-state index is 4.39. The summed E-state index contributed by atoms with van der Waals surface area (Å²) in [7, 11) is 4.15. The number of benzene rings is 1. The van der Waals surface area contributed by atoms with Crippen molar-refractivity contribution in [3.8, 4) is 0 Å². The molecule has 100 valence electrons. The van der Waals surface area contributed by atoms with Crippen molar-refractivity contribution < 1.29 is 0 Å². The van der Waals surface area contributed by atoms with E-state index >= 15 is 0 Å². The molecule has 0 spiro atoms. The van der Waals surface area contributed by atoms with Gasteiger partial charge in [0.25, 0.3) is 0 Å². The fraction of sp³-hybridized carbons (Fsp3) is 0.333. The first kappa shape index (κ1) is 13.5. The highest BCUT2D eigenvalue weighted by molar-refractivity contribution is 5.51. The Kier molecular flexibility index (Phi) is 4.47. The third-order valence-corrected chi connectivity index (χ3v) is 2.80. The molecular weight excluding hydrogens is 236 g/mol. The Morgan fingerprint density at radius 3 is 2.68 bits per heavy atom. The van der Waals surface area contributed by atoms with Crippen LogP contribution in [-0.4, -0.2) is 29.0 Å². The lowest BCUT2D eigenvalue weighted by molar-refractivity contribution is 0.403. The van der Waals surface area contributed by atoms with Crippen LogP contribution in [0.5, 0.6) is 0 Å². The molecule has 0 aliphatic carbocycles. The van der Waals surface area contributed by atoms with Crippen molar-refractivity contribution in [2.24, 2.45) is 0 Å². The van der Waals surface area contributed by atoms with E-state index in [1.165, 1.54) is 5.56 Å². The van der Waals surface area contributed by atoms with E-state index in [9.17, 15) is 0 Å². The van der Waals surface area contributed by atoms with Gasteiger partial charge in [0.05, 0.1) is 12.2 Å². The number of anilines is 1. The van der Waals surface area contributed by atoms with E-state index < -0.39 is 0 Å². The van der Waals surface area contributed by atoms with Crippen LogP contribution in [0.15, 0.2) is 36.5 Å². The quantitative estimate of drug-likeness (QED) is 0.892. The second kappa shape index (κ2) is 6.29. The highest BCUT2D eigenvalue weighted by Crippen LogP contribution is 2.17. The predicted molar refractivity (Wildman–Crippen MR) is 77.9 cm³/mol. The second-order valence-corrected chi connectivity index (χ2v) is 4.84. The first-order valence-corrected chi connectivity index (χ1v) is 6.40. The van der Waals surface area contributed by atoms with Crippen LogP contribution in [0.25, 0.3) is 0 Å². The van der Waals surface area contributed by atoms with Gasteiger partial charge in [0.15, 0.2) is 0 Å². The van der Waals surface area contributed by atoms with Crippen molar-refractivity contribution in [3.05, 3.63) is 53.6 Å². The van der Waals surface area contributed by atoms with Gasteiger partial charge in [0, 0.05) is 18.4 Å². The summed E-state index contributed by atoms with van der Waals surface area (Å²) < 4.78 is 0. The number of aromatic nitrogens is 2. The highest BCUT2D eigenvalue weighted by atomic mass is 15.1. The van der Waals surface area contributed by atoms with Crippen molar-refractivity contribution in [2.75, 3.05) is 19.4 Å². The number of aryl methyl sites for hydroxylation is 1. The number of para-hydroxylation sites is 1. The maximum Gasteiger partial charge on any atom is 0.125 e. The average Bonchev–Trinajstić information content (AvgIpc) is 2.37. The first-order chi connectivity index (χ1) is 9.15. The lowest BCUT2D eigenvalue weighted by atomic mass is 10.1. The molecule has 1 N–H and O–H groups in total. The van der Waals surface area contributed by atoms with E-state index in [1.54, 1.807) is 6.20 Å². The number of nitrogens with one attached hydrogen (secondary N) is 1. The zero-order valence-electron chi connectivity index (χ0n) is 11.7. The maximum absolute atomic E-state index is 4.39. The van der Waals surface area contributed by atoms with Crippen LogP contribution in [0, 0.1) is 6.92 Å². The Morgan fingerprint density at radius 2 is 1.95 bits per heavy atom. The molecule has 0 bridgehead atoms. The van der Waals surface area contributed by atoms with E-state index in [0.717, 1.165) is 23.8 Å². The van der Waals surface area contributed by atoms with Crippen LogP contribution in [0.2, 0.25) is 0 Å². The lowest BCUT2D eigenvalue weighted by Gasteiger charge is -2.15. The van der Waals surface area contributed by atoms with Crippen LogP contribution in [0.1, 0.15) is 17.1 Å². The standard InChI is InChI=1S/C15H20N4/c1-12-16-9-8-14(18-12)10-17-15-7-5-4-6-13(15)11-19(2)3/h4-9,17H,10-11H2,1-3H3. The minimum Gasteiger partial charge on any atom is -0.379 e. The third kappa shape index (κ3) is 4.03. The summed E-state index contributed by atoms with van der Waals surface area (Å²) in [5.41, 5.74) is 3.46. The van der Waals surface area contributed by atoms with Gasteiger partial charge in [-0.15, -0.1) is 0 Å². The normalized spacial score (nSPS) is 10.7. The van der Waals surface area contributed by atoms with E-state index in [4.69, 9.17) is 0 Å². The number of hydrogen-bond acceptors (Lipinski definition) is 4. The van der Waals surface area contributed by atoms with Gasteiger partial charge >= 0.3 is 0 Å². The Hall–Kier alpha value is -1.94. The predicted octanol–water partition coefficient (Wildman–Crippen LogP) is 2.46. The van der Waals surface area contributed by atoms with Crippen LogP contribution in [0.3, 0.4) is 0 Å². The lowest BCUT2D eigenvalue weighted by Crippen LogP contribution is -2.13. The molecule has 0 aliphatic rings. The summed E-state index contributed by atoms with van der Waals surface area (Å²) in [6, 6.07) is 10.3. The molecule has 2 rings (SSSR count). The summed E-state index contributed by atoms with van der Waals surface area (Å²) in [6.07, 6.45) is 1.80. The SMILES string of the molecule is Cc1nccc(CNc2ccccc2CN(C)C)n1. The fourth-order valence-electron chi connectivity index (χ4n) is 1.96. The Balaban J connectivity index is 2.07. The van der Waals surface area contributed by atoms with Gasteiger partial charge < -0.3 is 10.2 Å². The Morgan fingerprint density at radius 1 is 1.16 bits per heavy atom. The molecule has 0 atom stereocenters. The second-order valence-electron chi connectivity index (χ2n) is 4.84. The molecule has 2 aromatic rings. The summed E-state index contributed by atoms with van der Waals surface area (Å²) in [5, 5.41) is 3.45. The molecule has 0 aliphatic heterocycles. The van der Waals surface area contributed by atoms with Gasteiger partial charge in [-0.3, -0.25) is 0 Å². The van der Waals surface area contributed by atoms with Crippen LogP contribution in [-0.2, 0) is 13.1 Å². The summed E-state index contributed by atoms with van der Waals surface area (Å²) in [5.74, 6) is 0.806. The zero-order valence-corrected chi connectivity index (χ0v) is 11.7. The molecule has 4 heteroatoms. The number of rotatable bonds is 5. The number of nitrogens with zero attached hydrogens (tertiary/aromatic N) is 3. The molecule has 0 amide bonds. The first-order valence-electron chi connectivity index (χ1n) is 6.40. The monoisotopic (exact) mass is 256 g/mol. The zero-order chi connectivity index (χ0) is 13.7. The molecule has 0 saturated carbocycles. The molecule has 4 nitrogen and oxygen atoms in total. The molecule has 1 aromatic heterocycles. The van der Waals surface area contributed by atoms with Crippen LogP contribution in [0.4, 0.5) is 5.69 Å². The van der Waals surface area contributed by atoms with Crippen molar-refractivity contribution in [1.29, 1.82) is 0 Å². The summed E-state index contributed by atoms with van der Waals surface area (Å²) in [6.45, 7) is 3.54. The van der Waals surface area contributed by atoms with Crippen LogP contribution >= 0.6 is 0 Å². The molecule has 0 radical (unpaired) electrons. The topological polar surface area (TPSA) is 41.1 Å². The average molecular weight is 256 g/mol. The van der Waals surface area contributed by atoms with Crippen molar-refractivity contribution in [3.63, 3.8) is 0 Å². The van der Waals surface area contributed by atoms with E-state index in [0.29, 0.717) is 6.54 Å². The van der Waals surface area contributed by atoms with E-state index in [-0.39, 0.29) is 0 Å². The molecule has 1 heterocycles.